The van der Waals surface area contributed by atoms with E-state index in [-0.39, 0.29) is 18.9 Å². The second kappa shape index (κ2) is 6.26. The number of amides is 1. The highest BCUT2D eigenvalue weighted by Crippen LogP contribution is 2.24. The Morgan fingerprint density at radius 1 is 1.35 bits per heavy atom. The molecule has 0 aromatic heterocycles. The molecule has 3 N–H and O–H groups in total. The van der Waals surface area contributed by atoms with Gasteiger partial charge in [0.15, 0.2) is 0 Å². The van der Waals surface area contributed by atoms with Gasteiger partial charge in [-0.1, -0.05) is 0 Å². The zero-order chi connectivity index (χ0) is 15.5. The van der Waals surface area contributed by atoms with Crippen molar-refractivity contribution < 1.29 is 14.7 Å². The van der Waals surface area contributed by atoms with Gasteiger partial charge in [0.2, 0.25) is 0 Å². The van der Waals surface area contributed by atoms with Crippen LogP contribution in [-0.2, 0) is 4.79 Å². The first-order valence-corrected chi connectivity index (χ1v) is 7.01. The number of nitrogens with zero attached hydrogens (tertiary/aromatic N) is 1. The molecule has 6 heteroatoms. The molecule has 1 aromatic rings. The quantitative estimate of drug-likeness (QED) is 0.824. The fourth-order valence-electron chi connectivity index (χ4n) is 1.80. The Labute approximate surface area is 126 Å². The van der Waals surface area contributed by atoms with Crippen LogP contribution in [0.3, 0.4) is 0 Å². The number of carboxylic acids is 1. The van der Waals surface area contributed by atoms with Gasteiger partial charge in [0.25, 0.3) is 5.91 Å². The summed E-state index contributed by atoms with van der Waals surface area (Å²) in [7, 11) is 0. The lowest BCUT2D eigenvalue weighted by atomic mass is 10.0. The molecule has 0 fully saturated rings. The van der Waals surface area contributed by atoms with Gasteiger partial charge in [-0.25, -0.2) is 0 Å². The summed E-state index contributed by atoms with van der Waals surface area (Å²) in [6.07, 6.45) is -0.0943. The van der Waals surface area contributed by atoms with E-state index in [1.807, 2.05) is 20.8 Å². The maximum atomic E-state index is 12.6. The number of halogens is 1. The molecule has 1 rings (SSSR count). The lowest BCUT2D eigenvalue weighted by Crippen LogP contribution is -2.46. The van der Waals surface area contributed by atoms with E-state index in [0.717, 1.165) is 0 Å². The molecule has 110 valence electrons. The standard InChI is InChI=1S/C14H19BrN2O3/c1-14(2,3)17(7-6-12(18)19)13(20)10-8-9(16)4-5-11(10)15/h4-5,8H,6-7,16H2,1-3H3,(H,18,19). The summed E-state index contributed by atoms with van der Waals surface area (Å²) in [5.74, 6) is -1.17. The van der Waals surface area contributed by atoms with Gasteiger partial charge in [-0.2, -0.15) is 0 Å². The van der Waals surface area contributed by atoms with E-state index in [0.29, 0.717) is 15.7 Å². The number of benzene rings is 1. The van der Waals surface area contributed by atoms with Crippen LogP contribution in [0, 0.1) is 0 Å². The highest BCUT2D eigenvalue weighted by atomic mass is 79.9. The molecule has 1 aromatic carbocycles. The van der Waals surface area contributed by atoms with Gasteiger partial charge in [-0.15, -0.1) is 0 Å². The third kappa shape index (κ3) is 4.23. The van der Waals surface area contributed by atoms with Crippen LogP contribution in [0.2, 0.25) is 0 Å². The summed E-state index contributed by atoms with van der Waals surface area (Å²) in [6, 6.07) is 4.99. The normalized spacial score (nSPS) is 11.2. The molecule has 5 nitrogen and oxygen atoms in total. The molecule has 0 atom stereocenters. The Hall–Kier alpha value is -1.56. The molecular weight excluding hydrogens is 324 g/mol. The van der Waals surface area contributed by atoms with Crippen molar-refractivity contribution in [1.82, 2.24) is 4.90 Å². The van der Waals surface area contributed by atoms with Crippen LogP contribution >= 0.6 is 15.9 Å². The average Bonchev–Trinajstić information content (AvgIpc) is 2.30. The Morgan fingerprint density at radius 2 is 1.95 bits per heavy atom. The molecule has 0 heterocycles. The second-order valence-electron chi connectivity index (χ2n) is 5.51. The van der Waals surface area contributed by atoms with Crippen LogP contribution in [-0.4, -0.2) is 34.0 Å². The van der Waals surface area contributed by atoms with Crippen molar-refractivity contribution in [1.29, 1.82) is 0 Å². The lowest BCUT2D eigenvalue weighted by molar-refractivity contribution is -0.137. The van der Waals surface area contributed by atoms with Crippen LogP contribution in [0.5, 0.6) is 0 Å². The van der Waals surface area contributed by atoms with Gasteiger partial charge >= 0.3 is 5.97 Å². The molecule has 0 aliphatic carbocycles. The Balaban J connectivity index is 3.10. The number of carbonyl (C=O) groups is 2. The number of aliphatic carboxylic acids is 1. The molecule has 0 bridgehead atoms. The highest BCUT2D eigenvalue weighted by molar-refractivity contribution is 9.10. The van der Waals surface area contributed by atoms with E-state index >= 15 is 0 Å². The summed E-state index contributed by atoms with van der Waals surface area (Å²) >= 11 is 3.33. The number of carboxylic acid groups (broad SMARTS) is 1. The zero-order valence-electron chi connectivity index (χ0n) is 11.8. The van der Waals surface area contributed by atoms with E-state index in [1.54, 1.807) is 23.1 Å². The highest BCUT2D eigenvalue weighted by Gasteiger charge is 2.28. The fourth-order valence-corrected chi connectivity index (χ4v) is 2.22. The number of hydrogen-bond acceptors (Lipinski definition) is 3. The maximum absolute atomic E-state index is 12.6. The fraction of sp³-hybridized carbons (Fsp3) is 0.429. The van der Waals surface area contributed by atoms with E-state index in [4.69, 9.17) is 10.8 Å². The predicted octanol–water partition coefficient (Wildman–Crippen LogP) is 2.75. The van der Waals surface area contributed by atoms with E-state index in [1.165, 1.54) is 0 Å². The molecule has 0 aliphatic heterocycles. The molecule has 0 radical (unpaired) electrons. The first kappa shape index (κ1) is 16.5. The average molecular weight is 343 g/mol. The van der Waals surface area contributed by atoms with Crippen molar-refractivity contribution in [3.8, 4) is 0 Å². The van der Waals surface area contributed by atoms with Gasteiger partial charge in [-0.3, -0.25) is 9.59 Å². The summed E-state index contributed by atoms with van der Waals surface area (Å²) in [5, 5.41) is 8.81. The molecule has 1 amide bonds. The van der Waals surface area contributed by atoms with Gasteiger partial charge in [0.1, 0.15) is 0 Å². The second-order valence-corrected chi connectivity index (χ2v) is 6.36. The Bertz CT molecular complexity index is 524. The monoisotopic (exact) mass is 342 g/mol. The van der Waals surface area contributed by atoms with Gasteiger partial charge in [0.05, 0.1) is 12.0 Å². The van der Waals surface area contributed by atoms with Crippen LogP contribution in [0.15, 0.2) is 22.7 Å². The summed E-state index contributed by atoms with van der Waals surface area (Å²) in [4.78, 5) is 24.9. The number of nitrogens with two attached hydrogens (primary N) is 1. The van der Waals surface area contributed by atoms with Gasteiger partial charge in [-0.05, 0) is 54.9 Å². The first-order chi connectivity index (χ1) is 9.12. The maximum Gasteiger partial charge on any atom is 0.305 e. The van der Waals surface area contributed by atoms with Gasteiger partial charge in [0, 0.05) is 22.2 Å². The molecule has 0 unspecified atom stereocenters. The van der Waals surface area contributed by atoms with Crippen molar-refractivity contribution >= 4 is 33.5 Å². The number of nitrogen functional groups attached to an aromatic ring is 1. The van der Waals surface area contributed by atoms with Crippen molar-refractivity contribution in [3.63, 3.8) is 0 Å². The van der Waals surface area contributed by atoms with Gasteiger partial charge < -0.3 is 15.7 Å². The van der Waals surface area contributed by atoms with E-state index < -0.39 is 11.5 Å². The molecule has 0 saturated carbocycles. The summed E-state index contributed by atoms with van der Waals surface area (Å²) in [6.45, 7) is 5.76. The van der Waals surface area contributed by atoms with Crippen LogP contribution in [0.1, 0.15) is 37.6 Å². The van der Waals surface area contributed by atoms with Crippen molar-refractivity contribution in [2.24, 2.45) is 0 Å². The number of rotatable bonds is 4. The number of hydrogen-bond donors (Lipinski definition) is 2. The van der Waals surface area contributed by atoms with E-state index in [9.17, 15) is 9.59 Å². The number of carbonyl (C=O) groups excluding carboxylic acids is 1. The minimum absolute atomic E-state index is 0.0943. The minimum atomic E-state index is -0.932. The smallest absolute Gasteiger partial charge is 0.305 e. The molecule has 0 aliphatic rings. The molecule has 20 heavy (non-hydrogen) atoms. The van der Waals surface area contributed by atoms with Crippen molar-refractivity contribution in [2.45, 2.75) is 32.7 Å². The Morgan fingerprint density at radius 3 is 2.45 bits per heavy atom. The third-order valence-electron chi connectivity index (χ3n) is 2.83. The van der Waals surface area contributed by atoms with Crippen LogP contribution in [0.25, 0.3) is 0 Å². The first-order valence-electron chi connectivity index (χ1n) is 6.21. The minimum Gasteiger partial charge on any atom is -0.481 e. The van der Waals surface area contributed by atoms with E-state index in [2.05, 4.69) is 15.9 Å². The Kier molecular flexibility index (Phi) is 5.16. The summed E-state index contributed by atoms with van der Waals surface area (Å²) in [5.41, 5.74) is 6.16. The van der Waals surface area contributed by atoms with Crippen molar-refractivity contribution in [2.75, 3.05) is 12.3 Å². The predicted molar refractivity (Wildman–Crippen MR) is 81.6 cm³/mol. The SMILES string of the molecule is CC(C)(C)N(CCC(=O)O)C(=O)c1cc(N)ccc1Br. The zero-order valence-corrected chi connectivity index (χ0v) is 13.4. The topological polar surface area (TPSA) is 83.6 Å². The van der Waals surface area contributed by atoms with Crippen molar-refractivity contribution in [3.05, 3.63) is 28.2 Å². The van der Waals surface area contributed by atoms with Crippen LogP contribution in [0.4, 0.5) is 5.69 Å². The third-order valence-corrected chi connectivity index (χ3v) is 3.52. The molecule has 0 saturated heterocycles. The lowest BCUT2D eigenvalue weighted by Gasteiger charge is -2.35. The molecule has 0 spiro atoms. The number of anilines is 1. The van der Waals surface area contributed by atoms with Crippen LogP contribution < -0.4 is 5.73 Å². The largest absolute Gasteiger partial charge is 0.481 e. The summed E-state index contributed by atoms with van der Waals surface area (Å²) < 4.78 is 0.640. The molecular formula is C14H19BrN2O3.